The van der Waals surface area contributed by atoms with E-state index < -0.39 is 0 Å². The van der Waals surface area contributed by atoms with Crippen molar-refractivity contribution < 1.29 is 14.3 Å². The highest BCUT2D eigenvalue weighted by atomic mass is 32.2. The molecule has 1 aliphatic rings. The summed E-state index contributed by atoms with van der Waals surface area (Å²) in [7, 11) is 1.66. The summed E-state index contributed by atoms with van der Waals surface area (Å²) in [5, 5.41) is 7.90. The Labute approximate surface area is 261 Å². The fourth-order valence-corrected chi connectivity index (χ4v) is 6.79. The first-order valence-electron chi connectivity index (χ1n) is 14.4. The van der Waals surface area contributed by atoms with Crippen LogP contribution < -0.4 is 15.0 Å². The second-order valence-electron chi connectivity index (χ2n) is 10.7. The lowest BCUT2D eigenvalue weighted by molar-refractivity contribution is -0.123. The topological polar surface area (TPSA) is 89.3 Å². The number of thioether (sulfide) groups is 1. The minimum atomic E-state index is -0.287. The maximum atomic E-state index is 14.0. The van der Waals surface area contributed by atoms with E-state index in [0.29, 0.717) is 12.4 Å². The van der Waals surface area contributed by atoms with Gasteiger partial charge in [0.15, 0.2) is 0 Å². The molecule has 1 N–H and O–H groups in total. The highest BCUT2D eigenvalue weighted by molar-refractivity contribution is 8.00. The van der Waals surface area contributed by atoms with Gasteiger partial charge in [0.25, 0.3) is 0 Å². The molecule has 0 saturated carbocycles. The van der Waals surface area contributed by atoms with Gasteiger partial charge in [0, 0.05) is 35.6 Å². The third kappa shape index (κ3) is 5.83. The lowest BCUT2D eigenvalue weighted by Gasteiger charge is -2.24. The Morgan fingerprint density at radius 2 is 1.75 bits per heavy atom. The predicted molar refractivity (Wildman–Crippen MR) is 174 cm³/mol. The highest BCUT2D eigenvalue weighted by Gasteiger charge is 2.38. The van der Waals surface area contributed by atoms with Crippen LogP contribution in [0.2, 0.25) is 0 Å². The number of pyridine rings is 1. The third-order valence-electron chi connectivity index (χ3n) is 7.68. The molecular formula is C35H33N5O3S. The lowest BCUT2D eigenvalue weighted by Crippen LogP contribution is -2.42. The minimum Gasteiger partial charge on any atom is -0.496 e. The summed E-state index contributed by atoms with van der Waals surface area (Å²) in [5.41, 5.74) is 7.37. The summed E-state index contributed by atoms with van der Waals surface area (Å²) in [6.07, 6.45) is 3.38. The van der Waals surface area contributed by atoms with Gasteiger partial charge in [-0.05, 0) is 49.2 Å². The number of rotatable bonds is 8. The number of carbonyl (C=O) groups excluding carboxylic acids is 2. The number of methoxy groups -OCH3 is 1. The smallest absolute Gasteiger partial charge is 0.240 e. The van der Waals surface area contributed by atoms with Gasteiger partial charge in [0.05, 0.1) is 29.5 Å². The van der Waals surface area contributed by atoms with E-state index in [4.69, 9.17) is 9.84 Å². The molecule has 1 unspecified atom stereocenters. The van der Waals surface area contributed by atoms with E-state index in [9.17, 15) is 9.59 Å². The molecule has 0 radical (unpaired) electrons. The molecule has 1 atom stereocenters. The van der Waals surface area contributed by atoms with Crippen LogP contribution in [0.1, 0.15) is 33.1 Å². The number of ether oxygens (including phenoxy) is 1. The van der Waals surface area contributed by atoms with E-state index in [1.54, 1.807) is 24.4 Å². The van der Waals surface area contributed by atoms with Crippen LogP contribution in [0.25, 0.3) is 16.9 Å². The van der Waals surface area contributed by atoms with Crippen molar-refractivity contribution >= 4 is 29.4 Å². The second-order valence-corrected chi connectivity index (χ2v) is 11.8. The first-order chi connectivity index (χ1) is 21.4. The fourth-order valence-electron chi connectivity index (χ4n) is 5.57. The van der Waals surface area contributed by atoms with E-state index in [2.05, 4.69) is 16.4 Å². The first kappa shape index (κ1) is 29.2. The van der Waals surface area contributed by atoms with Crippen LogP contribution in [0.3, 0.4) is 0 Å². The molecule has 2 aromatic heterocycles. The third-order valence-corrected chi connectivity index (χ3v) is 8.92. The largest absolute Gasteiger partial charge is 0.496 e. The van der Waals surface area contributed by atoms with Gasteiger partial charge < -0.3 is 10.1 Å². The van der Waals surface area contributed by atoms with Crippen LogP contribution in [0.15, 0.2) is 97.3 Å². The minimum absolute atomic E-state index is 0.152. The number of amides is 2. The van der Waals surface area contributed by atoms with E-state index in [0.717, 1.165) is 50.5 Å². The molecule has 0 bridgehead atoms. The van der Waals surface area contributed by atoms with Gasteiger partial charge in [-0.15, -0.1) is 11.8 Å². The van der Waals surface area contributed by atoms with Crippen molar-refractivity contribution in [1.82, 2.24) is 20.1 Å². The Balaban J connectivity index is 1.56. The van der Waals surface area contributed by atoms with Gasteiger partial charge in [-0.2, -0.15) is 5.10 Å². The van der Waals surface area contributed by atoms with E-state index >= 15 is 0 Å². The summed E-state index contributed by atoms with van der Waals surface area (Å²) in [4.78, 5) is 33.1. The summed E-state index contributed by atoms with van der Waals surface area (Å²) >= 11 is 1.52. The number of nitrogens with zero attached hydrogens (tertiary/aromatic N) is 4. The number of fused-ring (bicyclic) bond motifs is 1. The average Bonchev–Trinajstić information content (AvgIpc) is 3.37. The molecule has 0 spiro atoms. The number of benzene rings is 3. The van der Waals surface area contributed by atoms with Gasteiger partial charge in [0.1, 0.15) is 18.1 Å². The lowest BCUT2D eigenvalue weighted by atomic mass is 9.99. The normalized spacial score (nSPS) is 14.6. The Hall–Kier alpha value is -4.89. The zero-order chi connectivity index (χ0) is 30.6. The van der Waals surface area contributed by atoms with Crippen molar-refractivity contribution in [3.8, 4) is 22.7 Å². The maximum absolute atomic E-state index is 14.0. The fraction of sp³-hybridized carbons (Fsp3) is 0.200. The van der Waals surface area contributed by atoms with Crippen LogP contribution in [-0.4, -0.2) is 46.0 Å². The monoisotopic (exact) mass is 603 g/mol. The van der Waals surface area contributed by atoms with E-state index in [1.165, 1.54) is 11.8 Å². The first-order valence-corrected chi connectivity index (χ1v) is 15.5. The summed E-state index contributed by atoms with van der Waals surface area (Å²) in [6.45, 7) is 4.27. The van der Waals surface area contributed by atoms with Crippen molar-refractivity contribution in [2.24, 2.45) is 0 Å². The number of aryl methyl sites for hydroxylation is 2. The second kappa shape index (κ2) is 12.8. The molecule has 0 aliphatic carbocycles. The molecule has 0 fully saturated rings. The number of hydrogen-bond donors (Lipinski definition) is 1. The van der Waals surface area contributed by atoms with Crippen LogP contribution in [0.4, 0.5) is 5.82 Å². The highest BCUT2D eigenvalue weighted by Crippen LogP contribution is 2.50. The van der Waals surface area contributed by atoms with Crippen LogP contribution in [0, 0.1) is 13.8 Å². The van der Waals surface area contributed by atoms with Gasteiger partial charge >= 0.3 is 0 Å². The molecular weight excluding hydrogens is 570 g/mol. The summed E-state index contributed by atoms with van der Waals surface area (Å²) < 4.78 is 7.65. The number of para-hydroxylation sites is 1. The molecule has 44 heavy (non-hydrogen) atoms. The zero-order valence-electron chi connectivity index (χ0n) is 24.9. The predicted octanol–water partition coefficient (Wildman–Crippen LogP) is 6.05. The molecule has 0 saturated heterocycles. The quantitative estimate of drug-likeness (QED) is 0.233. The Morgan fingerprint density at radius 1 is 1.00 bits per heavy atom. The maximum Gasteiger partial charge on any atom is 0.240 e. The van der Waals surface area contributed by atoms with E-state index in [1.807, 2.05) is 97.4 Å². The Kier molecular flexibility index (Phi) is 8.47. The molecule has 2 amide bonds. The molecule has 3 aromatic carbocycles. The van der Waals surface area contributed by atoms with Gasteiger partial charge in [0.2, 0.25) is 11.8 Å². The van der Waals surface area contributed by atoms with Crippen molar-refractivity contribution in [2.45, 2.75) is 25.6 Å². The molecule has 222 valence electrons. The average molecular weight is 604 g/mol. The SMILES string of the molecule is COc1ccccc1C1SCC(=O)N(CC(=O)NCc2ccncc2)c2c1c(-c1ccccc1)nn2-c1ccc(C)cc1C. The van der Waals surface area contributed by atoms with Crippen molar-refractivity contribution in [3.63, 3.8) is 0 Å². The molecule has 3 heterocycles. The van der Waals surface area contributed by atoms with Crippen LogP contribution in [0.5, 0.6) is 5.75 Å². The van der Waals surface area contributed by atoms with Crippen molar-refractivity contribution in [1.29, 1.82) is 0 Å². The number of nitrogens with one attached hydrogen (secondary N) is 1. The molecule has 1 aliphatic heterocycles. The Bertz CT molecular complexity index is 1810. The molecule has 6 rings (SSSR count). The van der Waals surface area contributed by atoms with Gasteiger partial charge in [-0.1, -0.05) is 66.2 Å². The van der Waals surface area contributed by atoms with E-state index in [-0.39, 0.29) is 29.4 Å². The summed E-state index contributed by atoms with van der Waals surface area (Å²) in [6, 6.07) is 27.7. The number of carbonyl (C=O) groups is 2. The van der Waals surface area contributed by atoms with Crippen molar-refractivity contribution in [3.05, 3.63) is 125 Å². The van der Waals surface area contributed by atoms with Crippen molar-refractivity contribution in [2.75, 3.05) is 24.3 Å². The summed E-state index contributed by atoms with van der Waals surface area (Å²) in [5.74, 6) is 1.05. The zero-order valence-corrected chi connectivity index (χ0v) is 25.7. The number of anilines is 1. The number of aromatic nitrogens is 3. The van der Waals surface area contributed by atoms with Crippen LogP contribution in [-0.2, 0) is 16.1 Å². The molecule has 8 nitrogen and oxygen atoms in total. The van der Waals surface area contributed by atoms with Gasteiger partial charge in [-0.3, -0.25) is 19.5 Å². The standard InChI is InChI=1S/C35H33N5O3S/c1-23-13-14-28(24(2)19-23)40-35-32(33(38-40)26-9-5-4-6-10-26)34(27-11-7-8-12-29(27)43-3)44-22-31(42)39(35)21-30(41)37-20-25-15-17-36-18-16-25/h4-19,34H,20-22H2,1-3H3,(H,37,41). The Morgan fingerprint density at radius 3 is 2.50 bits per heavy atom. The number of hydrogen-bond acceptors (Lipinski definition) is 6. The van der Waals surface area contributed by atoms with Crippen LogP contribution >= 0.6 is 11.8 Å². The molecule has 5 aromatic rings. The van der Waals surface area contributed by atoms with Gasteiger partial charge in [-0.25, -0.2) is 4.68 Å². The molecule has 9 heteroatoms.